The summed E-state index contributed by atoms with van der Waals surface area (Å²) in [4.78, 5) is 8.53. The van der Waals surface area contributed by atoms with Crippen molar-refractivity contribution in [2.45, 2.75) is 18.6 Å². The molecule has 30 heavy (non-hydrogen) atoms. The largest absolute Gasteiger partial charge is 0.458 e. The normalized spacial score (nSPS) is 16.4. The zero-order chi connectivity index (χ0) is 21.5. The van der Waals surface area contributed by atoms with E-state index in [1.807, 2.05) is 0 Å². The van der Waals surface area contributed by atoms with Crippen molar-refractivity contribution >= 4 is 27.2 Å². The van der Waals surface area contributed by atoms with E-state index >= 15 is 0 Å². The van der Waals surface area contributed by atoms with Crippen molar-refractivity contribution in [3.8, 4) is 5.75 Å². The average molecular weight is 442 g/mol. The van der Waals surface area contributed by atoms with Gasteiger partial charge in [0.25, 0.3) is 0 Å². The molecular formula is C20H17F5N3OS. The molecule has 1 aliphatic rings. The Morgan fingerprint density at radius 2 is 1.63 bits per heavy atom. The maximum Gasteiger partial charge on any atom is 0.458 e. The molecular weight excluding hydrogens is 425 g/mol. The SMILES string of the molecule is [O]c1cc(N2CCN(Cc3ccc(C(F)(F)C(F)(F)F)cc3)CC2)c2ncsc2c1. The molecule has 4 nitrogen and oxygen atoms in total. The number of piperazine rings is 1. The van der Waals surface area contributed by atoms with Gasteiger partial charge in [0.05, 0.1) is 15.9 Å². The Bertz CT molecular complexity index is 1030. The zero-order valence-electron chi connectivity index (χ0n) is 15.6. The Balaban J connectivity index is 1.40. The van der Waals surface area contributed by atoms with Gasteiger partial charge in [-0.2, -0.15) is 22.0 Å². The molecule has 4 rings (SSSR count). The second-order valence-electron chi connectivity index (χ2n) is 7.17. The molecule has 0 spiro atoms. The average Bonchev–Trinajstić information content (AvgIpc) is 3.16. The lowest BCUT2D eigenvalue weighted by molar-refractivity contribution is -0.289. The summed E-state index contributed by atoms with van der Waals surface area (Å²) in [7, 11) is 0. The van der Waals surface area contributed by atoms with Crippen LogP contribution in [0, 0.1) is 0 Å². The minimum absolute atomic E-state index is 0.0695. The van der Waals surface area contributed by atoms with Crippen LogP contribution in [0.15, 0.2) is 41.9 Å². The van der Waals surface area contributed by atoms with Crippen LogP contribution in [0.3, 0.4) is 0 Å². The Morgan fingerprint density at radius 1 is 0.967 bits per heavy atom. The number of halogens is 5. The van der Waals surface area contributed by atoms with Crippen LogP contribution in [-0.4, -0.2) is 42.2 Å². The standard InChI is InChI=1S/C20H17F5N3OS/c21-19(22,20(23,24)25)14-3-1-13(2-4-14)11-27-5-7-28(8-6-27)16-9-15(29)10-17-18(16)26-12-30-17/h1-4,9-10,12H,5-8,11H2. The second kappa shape index (κ2) is 7.66. The van der Waals surface area contributed by atoms with Crippen LogP contribution < -0.4 is 4.90 Å². The van der Waals surface area contributed by atoms with Crippen molar-refractivity contribution in [1.82, 2.24) is 9.88 Å². The fourth-order valence-corrected chi connectivity index (χ4v) is 4.28. The van der Waals surface area contributed by atoms with E-state index in [-0.39, 0.29) is 5.75 Å². The third kappa shape index (κ3) is 3.93. The molecule has 1 aliphatic heterocycles. The Labute approximate surface area is 173 Å². The Morgan fingerprint density at radius 3 is 2.27 bits per heavy atom. The van der Waals surface area contributed by atoms with Gasteiger partial charge in [-0.25, -0.2) is 4.98 Å². The van der Waals surface area contributed by atoms with E-state index in [1.54, 1.807) is 17.6 Å². The number of aromatic nitrogens is 1. The van der Waals surface area contributed by atoms with Crippen LogP contribution in [0.2, 0.25) is 0 Å². The molecule has 1 radical (unpaired) electrons. The predicted molar refractivity (Wildman–Crippen MR) is 104 cm³/mol. The predicted octanol–water partition coefficient (Wildman–Crippen LogP) is 5.42. The van der Waals surface area contributed by atoms with E-state index in [9.17, 15) is 27.1 Å². The van der Waals surface area contributed by atoms with Gasteiger partial charge in [-0.3, -0.25) is 10.0 Å². The number of anilines is 1. The minimum atomic E-state index is -5.62. The Hall–Kier alpha value is -2.46. The number of thiazole rings is 1. The lowest BCUT2D eigenvalue weighted by atomic mass is 10.1. The molecule has 0 aliphatic carbocycles. The molecule has 0 saturated carbocycles. The molecule has 0 N–H and O–H groups in total. The van der Waals surface area contributed by atoms with Crippen molar-refractivity contribution in [3.63, 3.8) is 0 Å². The van der Waals surface area contributed by atoms with E-state index in [2.05, 4.69) is 14.8 Å². The van der Waals surface area contributed by atoms with Gasteiger partial charge in [-0.05, 0) is 5.56 Å². The van der Waals surface area contributed by atoms with Gasteiger partial charge in [0.2, 0.25) is 0 Å². The van der Waals surface area contributed by atoms with Gasteiger partial charge in [0, 0.05) is 50.4 Å². The van der Waals surface area contributed by atoms with Gasteiger partial charge in [0.1, 0.15) is 5.52 Å². The maximum atomic E-state index is 13.4. The molecule has 1 saturated heterocycles. The highest BCUT2D eigenvalue weighted by Crippen LogP contribution is 2.43. The molecule has 2 aromatic carbocycles. The monoisotopic (exact) mass is 442 g/mol. The first-order valence-corrected chi connectivity index (χ1v) is 10.1. The Kier molecular flexibility index (Phi) is 5.31. The van der Waals surface area contributed by atoms with Crippen LogP contribution in [0.5, 0.6) is 5.75 Å². The van der Waals surface area contributed by atoms with Crippen LogP contribution in [0.25, 0.3) is 10.2 Å². The molecule has 1 fully saturated rings. The van der Waals surface area contributed by atoms with Crippen LogP contribution in [-0.2, 0) is 17.6 Å². The molecule has 3 aromatic rings. The highest BCUT2D eigenvalue weighted by Gasteiger charge is 2.58. The van der Waals surface area contributed by atoms with Crippen LogP contribution in [0.1, 0.15) is 11.1 Å². The quantitative estimate of drug-likeness (QED) is 0.507. The van der Waals surface area contributed by atoms with Gasteiger partial charge < -0.3 is 4.90 Å². The summed E-state index contributed by atoms with van der Waals surface area (Å²) >= 11 is 1.41. The van der Waals surface area contributed by atoms with Crippen LogP contribution in [0.4, 0.5) is 27.6 Å². The number of hydrogen-bond donors (Lipinski definition) is 0. The first-order chi connectivity index (χ1) is 14.1. The number of rotatable bonds is 4. The molecule has 2 heterocycles. The molecule has 0 amide bonds. The smallest absolute Gasteiger partial charge is 0.367 e. The minimum Gasteiger partial charge on any atom is -0.367 e. The van der Waals surface area contributed by atoms with Gasteiger partial charge >= 0.3 is 12.1 Å². The lowest BCUT2D eigenvalue weighted by Crippen LogP contribution is -2.46. The molecule has 0 unspecified atom stereocenters. The summed E-state index contributed by atoms with van der Waals surface area (Å²) in [5.74, 6) is -4.94. The number of fused-ring (bicyclic) bond motifs is 1. The summed E-state index contributed by atoms with van der Waals surface area (Å²) in [5.41, 5.74) is 2.91. The summed E-state index contributed by atoms with van der Waals surface area (Å²) < 4.78 is 65.1. The van der Waals surface area contributed by atoms with Crippen molar-refractivity contribution in [2.24, 2.45) is 0 Å². The van der Waals surface area contributed by atoms with Gasteiger partial charge in [-0.15, -0.1) is 11.3 Å². The number of nitrogens with zero attached hydrogens (tertiary/aromatic N) is 3. The van der Waals surface area contributed by atoms with E-state index in [0.29, 0.717) is 38.3 Å². The first kappa shape index (κ1) is 20.8. The van der Waals surface area contributed by atoms with Crippen molar-refractivity contribution in [3.05, 3.63) is 53.0 Å². The van der Waals surface area contributed by atoms with Gasteiger partial charge in [-0.1, -0.05) is 24.3 Å². The second-order valence-corrected chi connectivity index (χ2v) is 8.06. The van der Waals surface area contributed by atoms with E-state index in [0.717, 1.165) is 28.0 Å². The van der Waals surface area contributed by atoms with Crippen molar-refractivity contribution in [1.29, 1.82) is 0 Å². The molecule has 0 bridgehead atoms. The molecule has 1 aromatic heterocycles. The third-order valence-corrected chi connectivity index (χ3v) is 5.96. The van der Waals surface area contributed by atoms with Crippen molar-refractivity contribution < 1.29 is 27.1 Å². The van der Waals surface area contributed by atoms with E-state index in [4.69, 9.17) is 0 Å². The summed E-state index contributed by atoms with van der Waals surface area (Å²) in [6.45, 7) is 3.07. The molecule has 10 heteroatoms. The highest BCUT2D eigenvalue weighted by molar-refractivity contribution is 7.16. The summed E-state index contributed by atoms with van der Waals surface area (Å²) in [6, 6.07) is 7.42. The summed E-state index contributed by atoms with van der Waals surface area (Å²) in [6.07, 6.45) is -5.62. The highest BCUT2D eigenvalue weighted by atomic mass is 32.1. The fourth-order valence-electron chi connectivity index (χ4n) is 3.55. The molecule has 0 atom stereocenters. The zero-order valence-corrected chi connectivity index (χ0v) is 16.4. The van der Waals surface area contributed by atoms with Gasteiger partial charge in [0.15, 0.2) is 5.75 Å². The number of hydrogen-bond acceptors (Lipinski definition) is 4. The first-order valence-electron chi connectivity index (χ1n) is 9.21. The van der Waals surface area contributed by atoms with Crippen molar-refractivity contribution in [2.75, 3.05) is 31.1 Å². The van der Waals surface area contributed by atoms with Crippen LogP contribution >= 0.6 is 11.3 Å². The number of alkyl halides is 5. The fraction of sp³-hybridized carbons (Fsp3) is 0.350. The van der Waals surface area contributed by atoms with E-state index in [1.165, 1.54) is 23.5 Å². The topological polar surface area (TPSA) is 39.3 Å². The van der Waals surface area contributed by atoms with E-state index < -0.39 is 17.7 Å². The molecule has 159 valence electrons. The third-order valence-electron chi connectivity index (χ3n) is 5.18. The number of benzene rings is 2. The summed E-state index contributed by atoms with van der Waals surface area (Å²) in [5, 5.41) is 11.9. The lowest BCUT2D eigenvalue weighted by Gasteiger charge is -2.36. The maximum absolute atomic E-state index is 13.4.